The summed E-state index contributed by atoms with van der Waals surface area (Å²) in [5, 5.41) is 7.31. The summed E-state index contributed by atoms with van der Waals surface area (Å²) < 4.78 is 0. The number of nitrogens with one attached hydrogen (secondary N) is 1. The Balaban J connectivity index is 3.12. The molecule has 3 nitrogen and oxygen atoms in total. The van der Waals surface area contributed by atoms with Crippen molar-refractivity contribution < 1.29 is 0 Å². The van der Waals surface area contributed by atoms with Crippen LogP contribution in [0.1, 0.15) is 11.1 Å². The molecule has 0 saturated heterocycles. The van der Waals surface area contributed by atoms with Gasteiger partial charge < -0.3 is 10.6 Å². The van der Waals surface area contributed by atoms with E-state index in [9.17, 15) is 0 Å². The van der Waals surface area contributed by atoms with Gasteiger partial charge in [-0.3, -0.25) is 5.41 Å². The van der Waals surface area contributed by atoms with E-state index in [4.69, 9.17) is 11.1 Å². The first kappa shape index (κ1) is 9.58. The van der Waals surface area contributed by atoms with Gasteiger partial charge in [-0.15, -0.1) is 0 Å². The molecule has 70 valence electrons. The number of nitrogens with zero attached hydrogens (tertiary/aromatic N) is 1. The maximum atomic E-state index is 7.31. The standard InChI is InChI=1S/C10H15N3/c1-7-4-5-8(2)9(6-7)13(3)10(11)12/h4-6H,1-3H3,(H3,11,12). The van der Waals surface area contributed by atoms with Crippen molar-refractivity contribution in [1.82, 2.24) is 0 Å². The molecule has 0 radical (unpaired) electrons. The monoisotopic (exact) mass is 177 g/mol. The van der Waals surface area contributed by atoms with E-state index in [0.717, 1.165) is 11.3 Å². The van der Waals surface area contributed by atoms with Crippen molar-refractivity contribution >= 4 is 11.6 Å². The highest BCUT2D eigenvalue weighted by atomic mass is 15.2. The highest BCUT2D eigenvalue weighted by molar-refractivity contribution is 5.92. The molecule has 0 aliphatic carbocycles. The predicted molar refractivity (Wildman–Crippen MR) is 56.2 cm³/mol. The second-order valence-corrected chi connectivity index (χ2v) is 3.23. The average Bonchev–Trinajstić information content (AvgIpc) is 2.08. The maximum absolute atomic E-state index is 7.31. The van der Waals surface area contributed by atoms with Gasteiger partial charge in [-0.2, -0.15) is 0 Å². The molecule has 3 N–H and O–H groups in total. The first-order valence-electron chi connectivity index (χ1n) is 4.17. The molecule has 1 rings (SSSR count). The molecule has 1 aromatic carbocycles. The third kappa shape index (κ3) is 1.99. The summed E-state index contributed by atoms with van der Waals surface area (Å²) in [6.07, 6.45) is 0. The summed E-state index contributed by atoms with van der Waals surface area (Å²) in [7, 11) is 1.80. The molecule has 0 bridgehead atoms. The van der Waals surface area contributed by atoms with E-state index in [0.29, 0.717) is 0 Å². The zero-order chi connectivity index (χ0) is 10.0. The van der Waals surface area contributed by atoms with E-state index in [1.807, 2.05) is 32.0 Å². The fraction of sp³-hybridized carbons (Fsp3) is 0.300. The number of benzene rings is 1. The van der Waals surface area contributed by atoms with E-state index in [2.05, 4.69) is 0 Å². The van der Waals surface area contributed by atoms with Crippen molar-refractivity contribution in [3.63, 3.8) is 0 Å². The minimum absolute atomic E-state index is 0.0636. The van der Waals surface area contributed by atoms with E-state index in [1.165, 1.54) is 5.56 Å². The van der Waals surface area contributed by atoms with E-state index in [1.54, 1.807) is 11.9 Å². The van der Waals surface area contributed by atoms with E-state index >= 15 is 0 Å². The first-order chi connectivity index (χ1) is 6.02. The number of rotatable bonds is 1. The van der Waals surface area contributed by atoms with Crippen LogP contribution in [0.5, 0.6) is 0 Å². The lowest BCUT2D eigenvalue weighted by atomic mass is 10.1. The van der Waals surface area contributed by atoms with E-state index < -0.39 is 0 Å². The number of guanidine groups is 1. The molecule has 0 unspecified atom stereocenters. The Morgan fingerprint density at radius 3 is 2.54 bits per heavy atom. The average molecular weight is 177 g/mol. The Bertz CT molecular complexity index is 331. The zero-order valence-electron chi connectivity index (χ0n) is 8.26. The summed E-state index contributed by atoms with van der Waals surface area (Å²) in [5.41, 5.74) is 8.69. The number of hydrogen-bond donors (Lipinski definition) is 2. The third-order valence-corrected chi connectivity index (χ3v) is 2.09. The van der Waals surface area contributed by atoms with Crippen LogP contribution >= 0.6 is 0 Å². The fourth-order valence-corrected chi connectivity index (χ4v) is 1.21. The summed E-state index contributed by atoms with van der Waals surface area (Å²) in [4.78, 5) is 1.67. The predicted octanol–water partition coefficient (Wildman–Crippen LogP) is 1.63. The lowest BCUT2D eigenvalue weighted by Gasteiger charge is -2.19. The SMILES string of the molecule is Cc1ccc(C)c(N(C)C(=N)N)c1. The summed E-state index contributed by atoms with van der Waals surface area (Å²) in [6.45, 7) is 4.03. The van der Waals surface area contributed by atoms with Crippen LogP contribution in [0.25, 0.3) is 0 Å². The smallest absolute Gasteiger partial charge is 0.192 e. The summed E-state index contributed by atoms with van der Waals surface area (Å²) in [5.74, 6) is 0.0636. The minimum atomic E-state index is 0.0636. The molecule has 0 aliphatic rings. The van der Waals surface area contributed by atoms with Gasteiger partial charge in [-0.1, -0.05) is 12.1 Å². The van der Waals surface area contributed by atoms with Gasteiger partial charge in [0, 0.05) is 12.7 Å². The molecule has 0 amide bonds. The minimum Gasteiger partial charge on any atom is -0.370 e. The summed E-state index contributed by atoms with van der Waals surface area (Å²) >= 11 is 0. The van der Waals surface area contributed by atoms with Crippen LogP contribution in [0.4, 0.5) is 5.69 Å². The van der Waals surface area contributed by atoms with Crippen molar-refractivity contribution in [3.05, 3.63) is 29.3 Å². The van der Waals surface area contributed by atoms with Gasteiger partial charge in [-0.25, -0.2) is 0 Å². The molecular weight excluding hydrogens is 162 g/mol. The topological polar surface area (TPSA) is 53.1 Å². The second-order valence-electron chi connectivity index (χ2n) is 3.23. The van der Waals surface area contributed by atoms with Gasteiger partial charge >= 0.3 is 0 Å². The van der Waals surface area contributed by atoms with Gasteiger partial charge in [0.05, 0.1) is 0 Å². The highest BCUT2D eigenvalue weighted by Gasteiger charge is 2.06. The third-order valence-electron chi connectivity index (χ3n) is 2.09. The molecule has 3 heteroatoms. The number of nitrogens with two attached hydrogens (primary N) is 1. The van der Waals surface area contributed by atoms with Gasteiger partial charge in [-0.05, 0) is 31.0 Å². The van der Waals surface area contributed by atoms with Gasteiger partial charge in [0.15, 0.2) is 5.96 Å². The number of anilines is 1. The lowest BCUT2D eigenvalue weighted by molar-refractivity contribution is 1.17. The van der Waals surface area contributed by atoms with Crippen molar-refractivity contribution in [3.8, 4) is 0 Å². The lowest BCUT2D eigenvalue weighted by Crippen LogP contribution is -2.33. The molecule has 0 atom stereocenters. The Hall–Kier alpha value is -1.51. The largest absolute Gasteiger partial charge is 0.370 e. The molecule has 0 heterocycles. The van der Waals surface area contributed by atoms with Gasteiger partial charge in [0.1, 0.15) is 0 Å². The zero-order valence-corrected chi connectivity index (χ0v) is 8.26. The van der Waals surface area contributed by atoms with Crippen LogP contribution in [-0.4, -0.2) is 13.0 Å². The van der Waals surface area contributed by atoms with Gasteiger partial charge in [0.25, 0.3) is 0 Å². The number of hydrogen-bond acceptors (Lipinski definition) is 1. The van der Waals surface area contributed by atoms with Crippen molar-refractivity contribution in [2.45, 2.75) is 13.8 Å². The highest BCUT2D eigenvalue weighted by Crippen LogP contribution is 2.19. The Morgan fingerprint density at radius 2 is 2.00 bits per heavy atom. The number of aryl methyl sites for hydroxylation is 2. The maximum Gasteiger partial charge on any atom is 0.192 e. The van der Waals surface area contributed by atoms with Crippen molar-refractivity contribution in [1.29, 1.82) is 5.41 Å². The molecule has 0 fully saturated rings. The van der Waals surface area contributed by atoms with E-state index in [-0.39, 0.29) is 5.96 Å². The Labute approximate surface area is 78.7 Å². The second kappa shape index (κ2) is 3.47. The Kier molecular flexibility index (Phi) is 2.56. The summed E-state index contributed by atoms with van der Waals surface area (Å²) in [6, 6.07) is 6.10. The normalized spacial score (nSPS) is 9.77. The first-order valence-corrected chi connectivity index (χ1v) is 4.17. The molecule has 1 aromatic rings. The van der Waals surface area contributed by atoms with Crippen LogP contribution in [0.3, 0.4) is 0 Å². The van der Waals surface area contributed by atoms with Crippen LogP contribution in [0.2, 0.25) is 0 Å². The molecule has 0 spiro atoms. The molecule has 13 heavy (non-hydrogen) atoms. The van der Waals surface area contributed by atoms with Gasteiger partial charge in [0.2, 0.25) is 0 Å². The van der Waals surface area contributed by atoms with Crippen molar-refractivity contribution in [2.24, 2.45) is 5.73 Å². The molecule has 0 aromatic heterocycles. The van der Waals surface area contributed by atoms with Crippen LogP contribution in [0, 0.1) is 19.3 Å². The fourth-order valence-electron chi connectivity index (χ4n) is 1.21. The molecule has 0 aliphatic heterocycles. The Morgan fingerprint density at radius 1 is 1.38 bits per heavy atom. The van der Waals surface area contributed by atoms with Crippen LogP contribution < -0.4 is 10.6 Å². The molecule has 0 saturated carbocycles. The van der Waals surface area contributed by atoms with Crippen LogP contribution in [-0.2, 0) is 0 Å². The molecular formula is C10H15N3. The van der Waals surface area contributed by atoms with Crippen molar-refractivity contribution in [2.75, 3.05) is 11.9 Å². The quantitative estimate of drug-likeness (QED) is 0.506. The van der Waals surface area contributed by atoms with Crippen LogP contribution in [0.15, 0.2) is 18.2 Å².